The molecule has 0 radical (unpaired) electrons. The third-order valence-corrected chi connectivity index (χ3v) is 4.43. The highest BCUT2D eigenvalue weighted by Crippen LogP contribution is 2.30. The highest BCUT2D eigenvalue weighted by molar-refractivity contribution is 7.99. The minimum atomic E-state index is 0.794. The molecule has 0 spiro atoms. The summed E-state index contributed by atoms with van der Waals surface area (Å²) in [4.78, 5) is 2.43. The van der Waals surface area contributed by atoms with Crippen LogP contribution in [0.25, 0.3) is 0 Å². The predicted molar refractivity (Wildman–Crippen MR) is 97.8 cm³/mol. The molecule has 3 heteroatoms. The molecule has 0 amide bonds. The van der Waals surface area contributed by atoms with Crippen molar-refractivity contribution < 1.29 is 9.47 Å². The van der Waals surface area contributed by atoms with Gasteiger partial charge in [-0.15, -0.1) is 0 Å². The monoisotopic (exact) mass is 330 g/mol. The fourth-order valence-corrected chi connectivity index (χ4v) is 2.83. The number of hydrogen-bond donors (Lipinski definition) is 0. The Morgan fingerprint density at radius 3 is 1.39 bits per heavy atom. The molecule has 0 aromatic heterocycles. The first kappa shape index (κ1) is 17.7. The van der Waals surface area contributed by atoms with Crippen molar-refractivity contribution in [3.8, 4) is 11.5 Å². The number of ether oxygens (including phenoxy) is 2. The second kappa shape index (κ2) is 10.2. The first-order valence-corrected chi connectivity index (χ1v) is 9.27. The molecule has 0 saturated carbocycles. The molecule has 0 aliphatic rings. The zero-order chi connectivity index (χ0) is 16.3. The lowest BCUT2D eigenvalue weighted by molar-refractivity contribution is 0.309. The first-order valence-electron chi connectivity index (χ1n) is 8.45. The lowest BCUT2D eigenvalue weighted by atomic mass is 10.3. The van der Waals surface area contributed by atoms with E-state index in [9.17, 15) is 0 Å². The molecular weight excluding hydrogens is 304 g/mol. The van der Waals surface area contributed by atoms with Gasteiger partial charge in [-0.3, -0.25) is 0 Å². The molecular formula is C20H26O2S. The van der Waals surface area contributed by atoms with E-state index in [0.29, 0.717) is 0 Å². The van der Waals surface area contributed by atoms with Gasteiger partial charge >= 0.3 is 0 Å². The SMILES string of the molecule is CCCCOc1ccc(Sc2ccc(OCCCC)cc2)cc1. The van der Waals surface area contributed by atoms with Crippen LogP contribution in [0.2, 0.25) is 0 Å². The summed E-state index contributed by atoms with van der Waals surface area (Å²) in [6.07, 6.45) is 4.52. The van der Waals surface area contributed by atoms with Gasteiger partial charge in [0, 0.05) is 9.79 Å². The van der Waals surface area contributed by atoms with E-state index < -0.39 is 0 Å². The number of hydrogen-bond acceptors (Lipinski definition) is 3. The average Bonchev–Trinajstić information content (AvgIpc) is 2.58. The van der Waals surface area contributed by atoms with Gasteiger partial charge in [-0.2, -0.15) is 0 Å². The summed E-state index contributed by atoms with van der Waals surface area (Å²) in [5, 5.41) is 0. The van der Waals surface area contributed by atoms with Crippen molar-refractivity contribution in [3.05, 3.63) is 48.5 Å². The molecule has 0 saturated heterocycles. The van der Waals surface area contributed by atoms with Crippen molar-refractivity contribution >= 4 is 11.8 Å². The molecule has 23 heavy (non-hydrogen) atoms. The standard InChI is InChI=1S/C20H26O2S/c1-3-5-15-21-17-7-11-19(12-8-17)23-20-13-9-18(10-14-20)22-16-6-4-2/h7-14H,3-6,15-16H2,1-2H3. The first-order chi connectivity index (χ1) is 11.3. The van der Waals surface area contributed by atoms with E-state index in [1.807, 2.05) is 24.3 Å². The molecule has 0 fully saturated rings. The fourth-order valence-electron chi connectivity index (χ4n) is 2.01. The summed E-state index contributed by atoms with van der Waals surface area (Å²) in [7, 11) is 0. The van der Waals surface area contributed by atoms with E-state index in [1.54, 1.807) is 11.8 Å². The molecule has 2 nitrogen and oxygen atoms in total. The number of rotatable bonds is 10. The lowest BCUT2D eigenvalue weighted by Crippen LogP contribution is -1.96. The Morgan fingerprint density at radius 2 is 1.04 bits per heavy atom. The van der Waals surface area contributed by atoms with Crippen molar-refractivity contribution in [1.29, 1.82) is 0 Å². The quantitative estimate of drug-likeness (QED) is 0.483. The Kier molecular flexibility index (Phi) is 7.88. The average molecular weight is 330 g/mol. The number of benzene rings is 2. The van der Waals surface area contributed by atoms with Gasteiger partial charge in [-0.1, -0.05) is 38.5 Å². The maximum absolute atomic E-state index is 5.69. The maximum atomic E-state index is 5.69. The minimum Gasteiger partial charge on any atom is -0.494 e. The van der Waals surface area contributed by atoms with Crippen molar-refractivity contribution in [3.63, 3.8) is 0 Å². The molecule has 0 N–H and O–H groups in total. The minimum absolute atomic E-state index is 0.794. The molecule has 0 aliphatic carbocycles. The summed E-state index contributed by atoms with van der Waals surface area (Å²) in [5.41, 5.74) is 0. The van der Waals surface area contributed by atoms with E-state index in [2.05, 4.69) is 38.1 Å². The van der Waals surface area contributed by atoms with Crippen LogP contribution in [0.1, 0.15) is 39.5 Å². The van der Waals surface area contributed by atoms with Gasteiger partial charge in [0.15, 0.2) is 0 Å². The molecule has 2 rings (SSSR count). The Labute approximate surface area is 144 Å². The Morgan fingerprint density at radius 1 is 0.652 bits per heavy atom. The van der Waals surface area contributed by atoms with Crippen LogP contribution in [0.4, 0.5) is 0 Å². The molecule has 0 bridgehead atoms. The van der Waals surface area contributed by atoms with Gasteiger partial charge < -0.3 is 9.47 Å². The van der Waals surface area contributed by atoms with Crippen LogP contribution in [0.3, 0.4) is 0 Å². The summed E-state index contributed by atoms with van der Waals surface area (Å²) < 4.78 is 11.4. The molecule has 0 unspecified atom stereocenters. The molecule has 0 atom stereocenters. The van der Waals surface area contributed by atoms with Gasteiger partial charge in [0.1, 0.15) is 11.5 Å². The second-order valence-electron chi connectivity index (χ2n) is 5.45. The van der Waals surface area contributed by atoms with Crippen LogP contribution in [-0.4, -0.2) is 13.2 Å². The Bertz CT molecular complexity index is 497. The number of unbranched alkanes of at least 4 members (excludes halogenated alkanes) is 2. The third kappa shape index (κ3) is 6.57. The van der Waals surface area contributed by atoms with Crippen LogP contribution in [0, 0.1) is 0 Å². The Hall–Kier alpha value is -1.61. The normalized spacial score (nSPS) is 10.5. The molecule has 0 aliphatic heterocycles. The van der Waals surface area contributed by atoms with Crippen LogP contribution in [0.5, 0.6) is 11.5 Å². The third-order valence-electron chi connectivity index (χ3n) is 3.42. The van der Waals surface area contributed by atoms with E-state index in [0.717, 1.165) is 50.4 Å². The summed E-state index contributed by atoms with van der Waals surface area (Å²) in [6, 6.07) is 16.6. The van der Waals surface area contributed by atoms with E-state index in [4.69, 9.17) is 9.47 Å². The molecule has 124 valence electrons. The molecule has 2 aromatic rings. The van der Waals surface area contributed by atoms with Crippen LogP contribution in [0.15, 0.2) is 58.3 Å². The predicted octanol–water partition coefficient (Wildman–Crippen LogP) is 6.20. The van der Waals surface area contributed by atoms with Crippen LogP contribution in [-0.2, 0) is 0 Å². The fraction of sp³-hybridized carbons (Fsp3) is 0.400. The van der Waals surface area contributed by atoms with Gasteiger partial charge in [0.05, 0.1) is 13.2 Å². The summed E-state index contributed by atoms with van der Waals surface area (Å²) >= 11 is 1.75. The highest BCUT2D eigenvalue weighted by Gasteiger charge is 2.00. The lowest BCUT2D eigenvalue weighted by Gasteiger charge is -2.08. The summed E-state index contributed by atoms with van der Waals surface area (Å²) in [6.45, 7) is 5.93. The molecule has 0 heterocycles. The van der Waals surface area contributed by atoms with Crippen molar-refractivity contribution in [2.45, 2.75) is 49.3 Å². The summed E-state index contributed by atoms with van der Waals surface area (Å²) in [5.74, 6) is 1.89. The Balaban J connectivity index is 1.84. The van der Waals surface area contributed by atoms with E-state index in [-0.39, 0.29) is 0 Å². The maximum Gasteiger partial charge on any atom is 0.119 e. The van der Waals surface area contributed by atoms with E-state index in [1.165, 1.54) is 9.79 Å². The zero-order valence-corrected chi connectivity index (χ0v) is 14.9. The van der Waals surface area contributed by atoms with Crippen molar-refractivity contribution in [2.75, 3.05) is 13.2 Å². The highest BCUT2D eigenvalue weighted by atomic mass is 32.2. The van der Waals surface area contributed by atoms with Gasteiger partial charge in [0.2, 0.25) is 0 Å². The zero-order valence-electron chi connectivity index (χ0n) is 14.1. The second-order valence-corrected chi connectivity index (χ2v) is 6.60. The van der Waals surface area contributed by atoms with Crippen molar-refractivity contribution in [2.24, 2.45) is 0 Å². The van der Waals surface area contributed by atoms with E-state index >= 15 is 0 Å². The smallest absolute Gasteiger partial charge is 0.119 e. The topological polar surface area (TPSA) is 18.5 Å². The largest absolute Gasteiger partial charge is 0.494 e. The van der Waals surface area contributed by atoms with Crippen molar-refractivity contribution in [1.82, 2.24) is 0 Å². The van der Waals surface area contributed by atoms with Crippen LogP contribution >= 0.6 is 11.8 Å². The van der Waals surface area contributed by atoms with Gasteiger partial charge in [0.25, 0.3) is 0 Å². The van der Waals surface area contributed by atoms with Gasteiger partial charge in [-0.05, 0) is 61.4 Å². The van der Waals surface area contributed by atoms with Crippen LogP contribution < -0.4 is 9.47 Å². The van der Waals surface area contributed by atoms with Gasteiger partial charge in [-0.25, -0.2) is 0 Å². The molecule has 2 aromatic carbocycles.